The molecule has 0 aliphatic rings. The van der Waals surface area contributed by atoms with Gasteiger partial charge in [0.25, 0.3) is 5.56 Å². The zero-order valence-electron chi connectivity index (χ0n) is 13.0. The minimum atomic E-state index is -0.455. The first-order valence-electron chi connectivity index (χ1n) is 7.33. The molecule has 2 N–H and O–H groups in total. The molecule has 3 aromatic rings. The fourth-order valence-electron chi connectivity index (χ4n) is 2.47. The van der Waals surface area contributed by atoms with Gasteiger partial charge in [0.05, 0.1) is 13.1 Å². The van der Waals surface area contributed by atoms with Crippen molar-refractivity contribution in [1.29, 1.82) is 0 Å². The Bertz CT molecular complexity index is 918. The number of anilines is 1. The van der Waals surface area contributed by atoms with Gasteiger partial charge in [-0.1, -0.05) is 60.7 Å². The number of hydrogen-bond donors (Lipinski definition) is 1. The predicted molar refractivity (Wildman–Crippen MR) is 97.7 cm³/mol. The van der Waals surface area contributed by atoms with Crippen molar-refractivity contribution in [2.45, 2.75) is 13.1 Å². The van der Waals surface area contributed by atoms with E-state index in [2.05, 4.69) is 0 Å². The van der Waals surface area contributed by atoms with Gasteiger partial charge in [0.1, 0.15) is 5.69 Å². The van der Waals surface area contributed by atoms with E-state index in [0.29, 0.717) is 6.54 Å². The molecule has 0 saturated heterocycles. The number of aromatic nitrogens is 2. The van der Waals surface area contributed by atoms with Gasteiger partial charge in [0, 0.05) is 6.20 Å². The lowest BCUT2D eigenvalue weighted by Crippen LogP contribution is -2.41. The number of rotatable bonds is 4. The second-order valence-electron chi connectivity index (χ2n) is 5.36. The van der Waals surface area contributed by atoms with Crippen LogP contribution >= 0.6 is 12.4 Å². The molecule has 6 heteroatoms. The molecule has 124 valence electrons. The molecule has 0 radical (unpaired) electrons. The summed E-state index contributed by atoms with van der Waals surface area (Å²) >= 11 is 0. The molecule has 0 unspecified atom stereocenters. The first kappa shape index (κ1) is 17.6. The molecule has 0 aliphatic carbocycles. The van der Waals surface area contributed by atoms with Crippen LogP contribution in [0.5, 0.6) is 0 Å². The molecule has 3 rings (SSSR count). The van der Waals surface area contributed by atoms with Crippen LogP contribution in [0.3, 0.4) is 0 Å². The molecule has 5 nitrogen and oxygen atoms in total. The van der Waals surface area contributed by atoms with Crippen LogP contribution in [-0.2, 0) is 13.1 Å². The van der Waals surface area contributed by atoms with Crippen molar-refractivity contribution in [2.24, 2.45) is 0 Å². The van der Waals surface area contributed by atoms with Crippen molar-refractivity contribution in [3.05, 3.63) is 98.8 Å². The highest BCUT2D eigenvalue weighted by Gasteiger charge is 2.10. The van der Waals surface area contributed by atoms with Crippen LogP contribution in [0.1, 0.15) is 11.1 Å². The number of halogens is 1. The van der Waals surface area contributed by atoms with E-state index >= 15 is 0 Å². The summed E-state index contributed by atoms with van der Waals surface area (Å²) in [6.07, 6.45) is 1.42. The van der Waals surface area contributed by atoms with Crippen molar-refractivity contribution in [3.8, 4) is 0 Å². The van der Waals surface area contributed by atoms with E-state index in [4.69, 9.17) is 5.73 Å². The first-order chi connectivity index (χ1) is 11.1. The Labute approximate surface area is 145 Å². The lowest BCUT2D eigenvalue weighted by atomic mass is 10.2. The molecule has 1 aromatic heterocycles. The molecule has 0 atom stereocenters. The van der Waals surface area contributed by atoms with E-state index in [1.807, 2.05) is 60.7 Å². The number of benzene rings is 2. The molecule has 1 heterocycles. The van der Waals surface area contributed by atoms with Crippen molar-refractivity contribution in [2.75, 3.05) is 5.73 Å². The fraction of sp³-hybridized carbons (Fsp3) is 0.111. The van der Waals surface area contributed by atoms with Gasteiger partial charge in [-0.05, 0) is 11.1 Å². The summed E-state index contributed by atoms with van der Waals surface area (Å²) < 4.78 is 2.64. The molecule has 0 amide bonds. The maximum atomic E-state index is 12.6. The van der Waals surface area contributed by atoms with Crippen molar-refractivity contribution < 1.29 is 0 Å². The van der Waals surface area contributed by atoms with E-state index in [-0.39, 0.29) is 30.3 Å². The van der Waals surface area contributed by atoms with Gasteiger partial charge in [-0.2, -0.15) is 0 Å². The molecule has 0 spiro atoms. The normalized spacial score (nSPS) is 10.2. The van der Waals surface area contributed by atoms with Crippen LogP contribution in [0, 0.1) is 0 Å². The van der Waals surface area contributed by atoms with Crippen molar-refractivity contribution in [1.82, 2.24) is 9.13 Å². The number of hydrogen-bond acceptors (Lipinski definition) is 3. The second kappa shape index (κ2) is 7.66. The number of nitrogens with zero attached hydrogens (tertiary/aromatic N) is 2. The minimum Gasteiger partial charge on any atom is -0.393 e. The smallest absolute Gasteiger partial charge is 0.331 e. The molecule has 0 saturated carbocycles. The predicted octanol–water partition coefficient (Wildman–Crippen LogP) is 2.11. The summed E-state index contributed by atoms with van der Waals surface area (Å²) in [6, 6.07) is 19.0. The lowest BCUT2D eigenvalue weighted by molar-refractivity contribution is 0.615. The van der Waals surface area contributed by atoms with Crippen molar-refractivity contribution >= 4 is 18.1 Å². The molecular weight excluding hydrogens is 326 g/mol. The summed E-state index contributed by atoms with van der Waals surface area (Å²) in [5, 5.41) is 0. The summed E-state index contributed by atoms with van der Waals surface area (Å²) in [4.78, 5) is 24.8. The number of nitrogen functional groups attached to an aromatic ring is 1. The standard InChI is InChI=1S/C18H17N3O2.ClH/c19-16-13-20(11-14-7-3-1-4-8-14)18(23)21(17(16)22)12-15-9-5-2-6-10-15;/h1-10,13H,11-12,19H2;1H. The molecule has 0 fully saturated rings. The topological polar surface area (TPSA) is 70.0 Å². The van der Waals surface area contributed by atoms with Crippen LogP contribution in [0.25, 0.3) is 0 Å². The van der Waals surface area contributed by atoms with Gasteiger partial charge in [-0.15, -0.1) is 12.4 Å². The zero-order valence-corrected chi connectivity index (χ0v) is 13.8. The van der Waals surface area contributed by atoms with Gasteiger partial charge in [-0.25, -0.2) is 4.79 Å². The fourth-order valence-corrected chi connectivity index (χ4v) is 2.47. The largest absolute Gasteiger partial charge is 0.393 e. The summed E-state index contributed by atoms with van der Waals surface area (Å²) in [6.45, 7) is 0.581. The second-order valence-corrected chi connectivity index (χ2v) is 5.36. The molecule has 0 aliphatic heterocycles. The van der Waals surface area contributed by atoms with Gasteiger partial charge >= 0.3 is 5.69 Å². The van der Waals surface area contributed by atoms with E-state index < -0.39 is 5.56 Å². The Morgan fingerprint density at radius 1 is 0.792 bits per heavy atom. The van der Waals surface area contributed by atoms with Crippen LogP contribution in [0.4, 0.5) is 5.69 Å². The van der Waals surface area contributed by atoms with E-state index in [0.717, 1.165) is 11.1 Å². The highest BCUT2D eigenvalue weighted by atomic mass is 35.5. The van der Waals surface area contributed by atoms with Crippen LogP contribution in [0.15, 0.2) is 76.4 Å². The van der Waals surface area contributed by atoms with Gasteiger partial charge in [-0.3, -0.25) is 13.9 Å². The Hall–Kier alpha value is -2.79. The molecular formula is C18H18ClN3O2. The van der Waals surface area contributed by atoms with Gasteiger partial charge in [0.15, 0.2) is 0 Å². The third-order valence-electron chi connectivity index (χ3n) is 3.64. The van der Waals surface area contributed by atoms with Crippen molar-refractivity contribution in [3.63, 3.8) is 0 Å². The molecule has 24 heavy (non-hydrogen) atoms. The number of nitrogens with two attached hydrogens (primary N) is 1. The Morgan fingerprint density at radius 2 is 1.29 bits per heavy atom. The zero-order chi connectivity index (χ0) is 16.2. The van der Waals surface area contributed by atoms with E-state index in [1.165, 1.54) is 15.3 Å². The Balaban J connectivity index is 0.00000208. The quantitative estimate of drug-likeness (QED) is 0.788. The Kier molecular flexibility index (Phi) is 5.60. The van der Waals surface area contributed by atoms with Gasteiger partial charge in [0.2, 0.25) is 0 Å². The maximum Gasteiger partial charge on any atom is 0.331 e. The SMILES string of the molecule is Cl.Nc1cn(Cc2ccccc2)c(=O)n(Cc2ccccc2)c1=O. The minimum absolute atomic E-state index is 0. The summed E-state index contributed by atoms with van der Waals surface area (Å²) in [5.41, 5.74) is 6.90. The van der Waals surface area contributed by atoms with E-state index in [9.17, 15) is 9.59 Å². The highest BCUT2D eigenvalue weighted by molar-refractivity contribution is 5.85. The third-order valence-corrected chi connectivity index (χ3v) is 3.64. The molecule has 0 bridgehead atoms. The third kappa shape index (κ3) is 3.75. The summed E-state index contributed by atoms with van der Waals surface area (Å²) in [7, 11) is 0. The monoisotopic (exact) mass is 343 g/mol. The van der Waals surface area contributed by atoms with Crippen LogP contribution < -0.4 is 17.0 Å². The van der Waals surface area contributed by atoms with Crippen LogP contribution in [0.2, 0.25) is 0 Å². The summed E-state index contributed by atoms with van der Waals surface area (Å²) in [5.74, 6) is 0. The van der Waals surface area contributed by atoms with E-state index in [1.54, 1.807) is 0 Å². The lowest BCUT2D eigenvalue weighted by Gasteiger charge is -2.12. The first-order valence-corrected chi connectivity index (χ1v) is 7.33. The average molecular weight is 344 g/mol. The van der Waals surface area contributed by atoms with Gasteiger partial charge < -0.3 is 5.73 Å². The highest BCUT2D eigenvalue weighted by Crippen LogP contribution is 2.03. The average Bonchev–Trinajstić information content (AvgIpc) is 2.58. The maximum absolute atomic E-state index is 12.6. The molecule has 2 aromatic carbocycles. The van der Waals surface area contributed by atoms with Crippen LogP contribution in [-0.4, -0.2) is 9.13 Å². The Morgan fingerprint density at radius 3 is 1.83 bits per heavy atom.